The van der Waals surface area contributed by atoms with Gasteiger partial charge >= 0.3 is 5.97 Å². The molecule has 1 atom stereocenters. The highest BCUT2D eigenvalue weighted by molar-refractivity contribution is 8.00. The topological polar surface area (TPSA) is 55.4 Å². The zero-order valence-electron chi connectivity index (χ0n) is 15.3. The number of amides is 1. The van der Waals surface area contributed by atoms with Crippen LogP contribution in [0.4, 0.5) is 5.00 Å². The van der Waals surface area contributed by atoms with Crippen LogP contribution in [0.15, 0.2) is 29.2 Å². The summed E-state index contributed by atoms with van der Waals surface area (Å²) in [5.74, 6) is 0.445. The van der Waals surface area contributed by atoms with E-state index in [2.05, 4.69) is 12.2 Å². The van der Waals surface area contributed by atoms with E-state index in [0.717, 1.165) is 29.7 Å². The van der Waals surface area contributed by atoms with E-state index in [1.54, 1.807) is 0 Å². The van der Waals surface area contributed by atoms with Gasteiger partial charge in [0.05, 0.1) is 18.4 Å². The van der Waals surface area contributed by atoms with Crippen LogP contribution >= 0.6 is 23.1 Å². The number of aryl methyl sites for hydroxylation is 1. The van der Waals surface area contributed by atoms with Gasteiger partial charge in [-0.15, -0.1) is 23.1 Å². The van der Waals surface area contributed by atoms with Crippen LogP contribution in [0.3, 0.4) is 0 Å². The molecular formula is C20H23NO3S2. The van der Waals surface area contributed by atoms with E-state index in [-0.39, 0.29) is 11.9 Å². The first-order chi connectivity index (χ1) is 12.5. The van der Waals surface area contributed by atoms with E-state index >= 15 is 0 Å². The van der Waals surface area contributed by atoms with Crippen molar-refractivity contribution >= 4 is 40.0 Å². The van der Waals surface area contributed by atoms with Gasteiger partial charge in [0.25, 0.3) is 0 Å². The lowest BCUT2D eigenvalue weighted by Gasteiger charge is -2.18. The van der Waals surface area contributed by atoms with Crippen LogP contribution in [0, 0.1) is 12.8 Å². The molecule has 0 saturated heterocycles. The lowest BCUT2D eigenvalue weighted by molar-refractivity contribution is -0.113. The molecule has 1 aliphatic carbocycles. The number of carbonyl (C=O) groups is 2. The maximum absolute atomic E-state index is 12.4. The highest BCUT2D eigenvalue weighted by atomic mass is 32.2. The zero-order valence-corrected chi connectivity index (χ0v) is 16.9. The first-order valence-corrected chi connectivity index (χ1v) is 10.5. The van der Waals surface area contributed by atoms with Gasteiger partial charge in [-0.05, 0) is 49.8 Å². The summed E-state index contributed by atoms with van der Waals surface area (Å²) in [7, 11) is 1.39. The largest absolute Gasteiger partial charge is 0.465 e. The van der Waals surface area contributed by atoms with Crippen molar-refractivity contribution < 1.29 is 14.3 Å². The molecule has 0 spiro atoms. The van der Waals surface area contributed by atoms with E-state index < -0.39 is 0 Å². The third kappa shape index (κ3) is 4.30. The molecule has 1 aromatic heterocycles. The number of carbonyl (C=O) groups excluding carboxylic acids is 2. The van der Waals surface area contributed by atoms with Crippen LogP contribution in [0.1, 0.15) is 39.7 Å². The van der Waals surface area contributed by atoms with E-state index in [1.807, 2.05) is 31.2 Å². The Balaban J connectivity index is 1.73. The lowest BCUT2D eigenvalue weighted by Crippen LogP contribution is -2.17. The molecule has 1 heterocycles. The number of hydrogen-bond donors (Lipinski definition) is 1. The molecule has 1 aliphatic rings. The van der Waals surface area contributed by atoms with Crippen LogP contribution in [-0.4, -0.2) is 24.7 Å². The second-order valence-electron chi connectivity index (χ2n) is 6.70. The summed E-state index contributed by atoms with van der Waals surface area (Å²) < 4.78 is 4.96. The van der Waals surface area contributed by atoms with Gasteiger partial charge in [0.2, 0.25) is 5.91 Å². The smallest absolute Gasteiger partial charge is 0.341 e. The molecule has 138 valence electrons. The fourth-order valence-electron chi connectivity index (χ4n) is 3.10. The molecule has 6 heteroatoms. The first kappa shape index (κ1) is 19.0. The predicted molar refractivity (Wildman–Crippen MR) is 107 cm³/mol. The minimum atomic E-state index is -0.362. The molecular weight excluding hydrogens is 366 g/mol. The van der Waals surface area contributed by atoms with Gasteiger partial charge in [-0.1, -0.05) is 24.6 Å². The van der Waals surface area contributed by atoms with Crippen molar-refractivity contribution in [3.63, 3.8) is 0 Å². The standard InChI is InChI=1S/C20H23NO3S2/c1-12-4-7-14(8-5-12)25-11-17(22)21-19-18(20(23)24-3)15-9-6-13(2)10-16(15)26-19/h4-5,7-8,13H,6,9-11H2,1-3H3,(H,21,22)/t13-/m1/s1. The van der Waals surface area contributed by atoms with Gasteiger partial charge in [0.1, 0.15) is 5.00 Å². The fraction of sp³-hybridized carbons (Fsp3) is 0.400. The maximum atomic E-state index is 12.4. The molecule has 0 fully saturated rings. The van der Waals surface area contributed by atoms with E-state index in [0.29, 0.717) is 22.2 Å². The Kier molecular flexibility index (Phi) is 6.04. The Morgan fingerprint density at radius 1 is 1.31 bits per heavy atom. The first-order valence-electron chi connectivity index (χ1n) is 8.70. The summed E-state index contributed by atoms with van der Waals surface area (Å²) in [6.07, 6.45) is 2.88. The van der Waals surface area contributed by atoms with Crippen LogP contribution in [0.5, 0.6) is 0 Å². The summed E-state index contributed by atoms with van der Waals surface area (Å²) in [4.78, 5) is 26.9. The third-order valence-corrected chi connectivity index (χ3v) is 6.73. The van der Waals surface area contributed by atoms with Crippen molar-refractivity contribution in [2.24, 2.45) is 5.92 Å². The number of rotatable bonds is 5. The number of methoxy groups -OCH3 is 1. The summed E-state index contributed by atoms with van der Waals surface area (Å²) >= 11 is 3.01. The van der Waals surface area contributed by atoms with Gasteiger partial charge in [-0.25, -0.2) is 4.79 Å². The Bertz CT molecular complexity index is 811. The molecule has 0 unspecified atom stereocenters. The van der Waals surface area contributed by atoms with Gasteiger partial charge in [0, 0.05) is 9.77 Å². The fourth-order valence-corrected chi connectivity index (χ4v) is 5.22. The average molecular weight is 390 g/mol. The number of benzene rings is 1. The van der Waals surface area contributed by atoms with Crippen molar-refractivity contribution in [2.75, 3.05) is 18.2 Å². The summed E-state index contributed by atoms with van der Waals surface area (Å²) in [5.41, 5.74) is 2.80. The van der Waals surface area contributed by atoms with Crippen LogP contribution in [-0.2, 0) is 22.4 Å². The van der Waals surface area contributed by atoms with Gasteiger partial charge in [-0.2, -0.15) is 0 Å². The number of anilines is 1. The molecule has 0 saturated carbocycles. The van der Waals surface area contributed by atoms with Crippen molar-refractivity contribution in [3.05, 3.63) is 45.8 Å². The SMILES string of the molecule is COC(=O)c1c(NC(=O)CSc2ccc(C)cc2)sc2c1CC[C@@H](C)C2. The zero-order chi connectivity index (χ0) is 18.7. The number of thiophene rings is 1. The average Bonchev–Trinajstić information content (AvgIpc) is 2.97. The molecule has 1 aromatic carbocycles. The summed E-state index contributed by atoms with van der Waals surface area (Å²) in [5, 5.41) is 3.57. The van der Waals surface area contributed by atoms with Crippen LogP contribution < -0.4 is 5.32 Å². The molecule has 1 amide bonds. The normalized spacial score (nSPS) is 16.0. The van der Waals surface area contributed by atoms with Crippen LogP contribution in [0.2, 0.25) is 0 Å². The second-order valence-corrected chi connectivity index (χ2v) is 8.85. The number of esters is 1. The molecule has 2 aromatic rings. The highest BCUT2D eigenvalue weighted by Crippen LogP contribution is 2.40. The van der Waals surface area contributed by atoms with E-state index in [4.69, 9.17) is 4.74 Å². The predicted octanol–water partition coefficient (Wildman–Crippen LogP) is 4.70. The van der Waals surface area contributed by atoms with Crippen molar-refractivity contribution in [2.45, 2.75) is 38.0 Å². The summed E-state index contributed by atoms with van der Waals surface area (Å²) in [6, 6.07) is 8.09. The molecule has 0 aliphatic heterocycles. The second kappa shape index (κ2) is 8.27. The Morgan fingerprint density at radius 2 is 2.04 bits per heavy atom. The number of fused-ring (bicyclic) bond motifs is 1. The van der Waals surface area contributed by atoms with Crippen molar-refractivity contribution in [1.82, 2.24) is 0 Å². The van der Waals surface area contributed by atoms with Crippen molar-refractivity contribution in [1.29, 1.82) is 0 Å². The molecule has 0 bridgehead atoms. The Hall–Kier alpha value is -1.79. The molecule has 26 heavy (non-hydrogen) atoms. The number of hydrogen-bond acceptors (Lipinski definition) is 5. The van der Waals surface area contributed by atoms with Gasteiger partial charge < -0.3 is 10.1 Å². The van der Waals surface area contributed by atoms with Crippen LogP contribution in [0.25, 0.3) is 0 Å². The minimum absolute atomic E-state index is 0.104. The lowest BCUT2D eigenvalue weighted by atomic mass is 9.88. The number of ether oxygens (including phenoxy) is 1. The molecule has 1 N–H and O–H groups in total. The molecule has 0 radical (unpaired) electrons. The van der Waals surface area contributed by atoms with Gasteiger partial charge in [-0.3, -0.25) is 4.79 Å². The molecule has 3 rings (SSSR count). The van der Waals surface area contributed by atoms with Gasteiger partial charge in [0.15, 0.2) is 0 Å². The Labute approximate surface area is 162 Å². The highest BCUT2D eigenvalue weighted by Gasteiger charge is 2.28. The quantitative estimate of drug-likeness (QED) is 0.595. The number of nitrogens with one attached hydrogen (secondary N) is 1. The van der Waals surface area contributed by atoms with Crippen molar-refractivity contribution in [3.8, 4) is 0 Å². The third-order valence-electron chi connectivity index (χ3n) is 4.55. The number of thioether (sulfide) groups is 1. The Morgan fingerprint density at radius 3 is 2.73 bits per heavy atom. The van der Waals surface area contributed by atoms with E-state index in [9.17, 15) is 9.59 Å². The molecule has 4 nitrogen and oxygen atoms in total. The van der Waals surface area contributed by atoms with E-state index in [1.165, 1.54) is 40.6 Å². The monoisotopic (exact) mass is 389 g/mol. The minimum Gasteiger partial charge on any atom is -0.465 e. The summed E-state index contributed by atoms with van der Waals surface area (Å²) in [6.45, 7) is 4.26. The maximum Gasteiger partial charge on any atom is 0.341 e.